The number of carbonyl (C=O) groups excluding carboxylic acids is 3. The molecule has 170 valence electrons. The Morgan fingerprint density at radius 3 is 2.32 bits per heavy atom. The maximum Gasteiger partial charge on any atom is 0.408 e. The molecule has 0 aliphatic heterocycles. The van der Waals surface area contributed by atoms with Gasteiger partial charge in [0, 0.05) is 6.54 Å². The van der Waals surface area contributed by atoms with Crippen LogP contribution >= 0.6 is 0 Å². The second-order valence-corrected chi connectivity index (χ2v) is 8.45. The van der Waals surface area contributed by atoms with E-state index in [0.717, 1.165) is 18.4 Å². The average Bonchev–Trinajstić information content (AvgIpc) is 2.67. The van der Waals surface area contributed by atoms with Gasteiger partial charge in [-0.15, -0.1) is 0 Å². The van der Waals surface area contributed by atoms with Gasteiger partial charge in [-0.2, -0.15) is 5.26 Å². The monoisotopic (exact) mass is 430 g/mol. The molecular formula is C23H34N4O4. The molecule has 0 fully saturated rings. The van der Waals surface area contributed by atoms with E-state index in [2.05, 4.69) is 10.6 Å². The maximum absolute atomic E-state index is 13.2. The standard InChI is InChI=1S/C23H34N4O4/c1-7-8-14-25-20(28)19(18-11-9-16(2)10-12-18)27(15-13-24)21(29)17(3)26-22(30)31-23(4,5)6/h9-12,17,19H,7-8,14-15H2,1-6H3,(H,25,28)(H,26,30). The van der Waals surface area contributed by atoms with Crippen molar-refractivity contribution in [1.29, 1.82) is 5.26 Å². The number of amides is 3. The molecule has 1 aromatic carbocycles. The van der Waals surface area contributed by atoms with Gasteiger partial charge in [0.15, 0.2) is 0 Å². The quantitative estimate of drug-likeness (QED) is 0.461. The van der Waals surface area contributed by atoms with E-state index in [4.69, 9.17) is 4.74 Å². The number of nitrogens with zero attached hydrogens (tertiary/aromatic N) is 2. The van der Waals surface area contributed by atoms with Crippen LogP contribution in [0.1, 0.15) is 64.6 Å². The zero-order valence-electron chi connectivity index (χ0n) is 19.3. The number of ether oxygens (including phenoxy) is 1. The number of nitrogens with one attached hydrogen (secondary N) is 2. The van der Waals surface area contributed by atoms with Gasteiger partial charge < -0.3 is 20.3 Å². The third kappa shape index (κ3) is 8.67. The molecule has 8 nitrogen and oxygen atoms in total. The summed E-state index contributed by atoms with van der Waals surface area (Å²) in [7, 11) is 0. The van der Waals surface area contributed by atoms with Crippen LogP contribution in [-0.4, -0.2) is 47.5 Å². The maximum atomic E-state index is 13.2. The van der Waals surface area contributed by atoms with Crippen molar-refractivity contribution in [2.24, 2.45) is 0 Å². The number of benzene rings is 1. The van der Waals surface area contributed by atoms with Crippen LogP contribution in [0.15, 0.2) is 24.3 Å². The van der Waals surface area contributed by atoms with Crippen molar-refractivity contribution >= 4 is 17.9 Å². The molecule has 0 radical (unpaired) electrons. The number of rotatable bonds is 9. The van der Waals surface area contributed by atoms with Gasteiger partial charge in [-0.25, -0.2) is 4.79 Å². The van der Waals surface area contributed by atoms with Crippen molar-refractivity contribution in [2.45, 2.75) is 72.1 Å². The van der Waals surface area contributed by atoms with Crippen molar-refractivity contribution in [2.75, 3.05) is 13.1 Å². The molecule has 0 saturated carbocycles. The minimum absolute atomic E-state index is 0.307. The molecule has 2 atom stereocenters. The van der Waals surface area contributed by atoms with Gasteiger partial charge in [-0.05, 0) is 46.6 Å². The van der Waals surface area contributed by atoms with Crippen LogP contribution in [0.3, 0.4) is 0 Å². The predicted molar refractivity (Wildman–Crippen MR) is 118 cm³/mol. The van der Waals surface area contributed by atoms with Crippen LogP contribution in [0.4, 0.5) is 4.79 Å². The zero-order chi connectivity index (χ0) is 23.6. The van der Waals surface area contributed by atoms with E-state index in [1.165, 1.54) is 11.8 Å². The molecular weight excluding hydrogens is 396 g/mol. The minimum atomic E-state index is -0.993. The van der Waals surface area contributed by atoms with Crippen molar-refractivity contribution in [3.8, 4) is 6.07 Å². The number of hydrogen-bond acceptors (Lipinski definition) is 5. The highest BCUT2D eigenvalue weighted by Gasteiger charge is 2.34. The lowest BCUT2D eigenvalue weighted by atomic mass is 10.0. The van der Waals surface area contributed by atoms with Crippen LogP contribution in [0, 0.1) is 18.3 Å². The number of nitriles is 1. The van der Waals surface area contributed by atoms with Gasteiger partial charge in [0.25, 0.3) is 0 Å². The highest BCUT2D eigenvalue weighted by atomic mass is 16.6. The summed E-state index contributed by atoms with van der Waals surface area (Å²) in [5, 5.41) is 14.7. The summed E-state index contributed by atoms with van der Waals surface area (Å²) in [5.74, 6) is -0.922. The van der Waals surface area contributed by atoms with Gasteiger partial charge in [-0.3, -0.25) is 9.59 Å². The summed E-state index contributed by atoms with van der Waals surface area (Å²) in [4.78, 5) is 39.5. The Bertz CT molecular complexity index is 793. The Kier molecular flexibility index (Phi) is 10.00. The van der Waals surface area contributed by atoms with E-state index < -0.39 is 29.7 Å². The SMILES string of the molecule is CCCCNC(=O)C(c1ccc(C)cc1)N(CC#N)C(=O)C(C)NC(=O)OC(C)(C)C. The second-order valence-electron chi connectivity index (χ2n) is 8.45. The van der Waals surface area contributed by atoms with Crippen LogP contribution in [0.25, 0.3) is 0 Å². The Morgan fingerprint density at radius 1 is 1.19 bits per heavy atom. The lowest BCUT2D eigenvalue weighted by Crippen LogP contribution is -2.52. The van der Waals surface area contributed by atoms with E-state index >= 15 is 0 Å². The molecule has 0 heterocycles. The Balaban J connectivity index is 3.17. The molecule has 0 bridgehead atoms. The molecule has 0 aliphatic rings. The van der Waals surface area contributed by atoms with Crippen molar-refractivity contribution < 1.29 is 19.1 Å². The summed E-state index contributed by atoms with van der Waals surface area (Å²) in [6.07, 6.45) is 0.965. The Hall–Kier alpha value is -3.08. The third-order valence-electron chi connectivity index (χ3n) is 4.41. The fourth-order valence-electron chi connectivity index (χ4n) is 2.87. The van der Waals surface area contributed by atoms with Crippen LogP contribution in [-0.2, 0) is 14.3 Å². The van der Waals surface area contributed by atoms with Gasteiger partial charge in [0.1, 0.15) is 24.2 Å². The second kappa shape index (κ2) is 11.9. The predicted octanol–water partition coefficient (Wildman–Crippen LogP) is 3.22. The van der Waals surface area contributed by atoms with Gasteiger partial charge in [0.2, 0.25) is 11.8 Å². The summed E-state index contributed by atoms with van der Waals surface area (Å²) < 4.78 is 5.20. The van der Waals surface area contributed by atoms with Crippen molar-refractivity contribution in [3.63, 3.8) is 0 Å². The molecule has 0 aromatic heterocycles. The molecule has 2 N–H and O–H groups in total. The van der Waals surface area contributed by atoms with Crippen LogP contribution in [0.5, 0.6) is 0 Å². The normalized spacial score (nSPS) is 12.8. The third-order valence-corrected chi connectivity index (χ3v) is 4.41. The van der Waals surface area contributed by atoms with E-state index in [-0.39, 0.29) is 12.5 Å². The molecule has 3 amide bonds. The molecule has 0 spiro atoms. The highest BCUT2D eigenvalue weighted by Crippen LogP contribution is 2.23. The van der Waals surface area contributed by atoms with E-state index in [9.17, 15) is 19.6 Å². The molecule has 2 unspecified atom stereocenters. The van der Waals surface area contributed by atoms with Gasteiger partial charge >= 0.3 is 6.09 Å². The first-order chi connectivity index (χ1) is 14.5. The zero-order valence-corrected chi connectivity index (χ0v) is 19.3. The topological polar surface area (TPSA) is 112 Å². The van der Waals surface area contributed by atoms with Crippen molar-refractivity contribution in [3.05, 3.63) is 35.4 Å². The number of carbonyl (C=O) groups is 3. The Labute approximate surface area is 184 Å². The fraction of sp³-hybridized carbons (Fsp3) is 0.565. The van der Waals surface area contributed by atoms with Crippen LogP contribution < -0.4 is 10.6 Å². The van der Waals surface area contributed by atoms with E-state index in [1.54, 1.807) is 32.9 Å². The molecule has 0 aliphatic carbocycles. The van der Waals surface area contributed by atoms with Gasteiger partial charge in [-0.1, -0.05) is 43.2 Å². The number of alkyl carbamates (subject to hydrolysis) is 1. The van der Waals surface area contributed by atoms with E-state index in [0.29, 0.717) is 12.1 Å². The van der Waals surface area contributed by atoms with Crippen LogP contribution in [0.2, 0.25) is 0 Å². The summed E-state index contributed by atoms with van der Waals surface area (Å²) >= 11 is 0. The number of hydrogen-bond donors (Lipinski definition) is 2. The molecule has 0 saturated heterocycles. The Morgan fingerprint density at radius 2 is 1.81 bits per heavy atom. The molecule has 1 rings (SSSR count). The fourth-order valence-corrected chi connectivity index (χ4v) is 2.87. The molecule has 8 heteroatoms. The average molecular weight is 431 g/mol. The number of aryl methyl sites for hydroxylation is 1. The van der Waals surface area contributed by atoms with E-state index in [1.807, 2.05) is 32.0 Å². The minimum Gasteiger partial charge on any atom is -0.444 e. The first-order valence-corrected chi connectivity index (χ1v) is 10.5. The van der Waals surface area contributed by atoms with Crippen molar-refractivity contribution in [1.82, 2.24) is 15.5 Å². The summed E-state index contributed by atoms with van der Waals surface area (Å²) in [5.41, 5.74) is 0.877. The highest BCUT2D eigenvalue weighted by molar-refractivity contribution is 5.92. The summed E-state index contributed by atoms with van der Waals surface area (Å²) in [6.45, 7) is 10.7. The van der Waals surface area contributed by atoms with Gasteiger partial charge in [0.05, 0.1) is 6.07 Å². The lowest BCUT2D eigenvalue weighted by Gasteiger charge is -2.32. The number of unbranched alkanes of at least 4 members (excludes halogenated alkanes) is 1. The lowest BCUT2D eigenvalue weighted by molar-refractivity contribution is -0.141. The summed E-state index contributed by atoms with van der Waals surface area (Å²) in [6, 6.07) is 7.21. The molecule has 31 heavy (non-hydrogen) atoms. The smallest absolute Gasteiger partial charge is 0.408 e. The first-order valence-electron chi connectivity index (χ1n) is 10.5. The largest absolute Gasteiger partial charge is 0.444 e. The first kappa shape index (κ1) is 26.0. The molecule has 1 aromatic rings.